The molecular formula is C26H31N5O3S. The van der Waals surface area contributed by atoms with Gasteiger partial charge >= 0.3 is 0 Å². The largest absolute Gasteiger partial charge is 0.338 e. The summed E-state index contributed by atoms with van der Waals surface area (Å²) in [5.74, 6) is 0.856. The monoisotopic (exact) mass is 493 g/mol. The molecule has 2 aliphatic carbocycles. The third-order valence-electron chi connectivity index (χ3n) is 7.46. The quantitative estimate of drug-likeness (QED) is 0.458. The number of rotatable bonds is 6. The first-order valence-electron chi connectivity index (χ1n) is 12.5. The summed E-state index contributed by atoms with van der Waals surface area (Å²) in [5, 5.41) is 8.40. The van der Waals surface area contributed by atoms with Gasteiger partial charge in [0.15, 0.2) is 15.7 Å². The SMILES string of the molecule is [C-]#[N+][C@H]1CCCC[C@@H]1n1nc(Nc2ccc(S(=O)(=O)CC3CCCCC3)cc2)c2c(=O)[nH]ccc21. The van der Waals surface area contributed by atoms with Crippen LogP contribution >= 0.6 is 0 Å². The maximum Gasteiger partial charge on any atom is 0.261 e. The van der Waals surface area contributed by atoms with Crippen molar-refractivity contribution in [2.24, 2.45) is 5.92 Å². The Balaban J connectivity index is 1.42. The fourth-order valence-electron chi connectivity index (χ4n) is 5.61. The Kier molecular flexibility index (Phi) is 6.65. The van der Waals surface area contributed by atoms with Gasteiger partial charge in [-0.25, -0.2) is 15.0 Å². The molecule has 1 aromatic carbocycles. The lowest BCUT2D eigenvalue weighted by Gasteiger charge is -2.24. The zero-order valence-electron chi connectivity index (χ0n) is 19.7. The van der Waals surface area contributed by atoms with Gasteiger partial charge in [-0.05, 0) is 61.9 Å². The molecule has 35 heavy (non-hydrogen) atoms. The van der Waals surface area contributed by atoms with E-state index in [-0.39, 0.29) is 29.3 Å². The summed E-state index contributed by atoms with van der Waals surface area (Å²) in [6, 6.07) is 8.28. The van der Waals surface area contributed by atoms with Gasteiger partial charge in [-0.15, -0.1) is 0 Å². The molecule has 3 aromatic rings. The van der Waals surface area contributed by atoms with E-state index in [2.05, 4.69) is 15.1 Å². The molecule has 2 saturated carbocycles. The molecule has 8 nitrogen and oxygen atoms in total. The number of nitrogens with one attached hydrogen (secondary N) is 2. The summed E-state index contributed by atoms with van der Waals surface area (Å²) in [7, 11) is -3.34. The van der Waals surface area contributed by atoms with Crippen molar-refractivity contribution in [3.05, 3.63) is 58.3 Å². The van der Waals surface area contributed by atoms with Crippen molar-refractivity contribution in [2.45, 2.75) is 74.8 Å². The van der Waals surface area contributed by atoms with Crippen LogP contribution in [-0.4, -0.2) is 35.0 Å². The molecule has 2 aliphatic rings. The number of hydrogen-bond acceptors (Lipinski definition) is 5. The molecule has 0 spiro atoms. The van der Waals surface area contributed by atoms with Crippen LogP contribution in [0.5, 0.6) is 0 Å². The molecule has 2 atom stereocenters. The predicted octanol–water partition coefficient (Wildman–Crippen LogP) is 5.23. The molecule has 2 heterocycles. The van der Waals surface area contributed by atoms with E-state index in [1.54, 1.807) is 30.5 Å². The second-order valence-corrected chi connectivity index (χ2v) is 11.9. The number of fused-ring (bicyclic) bond motifs is 1. The van der Waals surface area contributed by atoms with Crippen LogP contribution in [0.15, 0.2) is 46.2 Å². The van der Waals surface area contributed by atoms with Crippen molar-refractivity contribution in [1.82, 2.24) is 14.8 Å². The lowest BCUT2D eigenvalue weighted by molar-refractivity contribution is 0.321. The Morgan fingerprint density at radius 3 is 2.49 bits per heavy atom. The molecule has 2 fully saturated rings. The standard InChI is InChI=1S/C26H31N5O3S/c1-27-21-9-5-6-10-22(21)31-23-15-16-28-26(32)24(23)25(30-31)29-19-11-13-20(14-12-19)35(33,34)17-18-7-3-2-4-8-18/h11-16,18,21-22H,2-10,17H2,(H,28,32)(H,29,30)/t21-,22-/m0/s1. The first kappa shape index (κ1) is 23.6. The molecule has 2 N–H and O–H groups in total. The summed E-state index contributed by atoms with van der Waals surface area (Å²) in [4.78, 5) is 19.6. The highest BCUT2D eigenvalue weighted by atomic mass is 32.2. The first-order valence-corrected chi connectivity index (χ1v) is 14.2. The van der Waals surface area contributed by atoms with E-state index >= 15 is 0 Å². The number of anilines is 2. The third kappa shape index (κ3) is 4.85. The summed E-state index contributed by atoms with van der Waals surface area (Å²) in [6.45, 7) is 7.62. The molecule has 0 amide bonds. The Hall–Kier alpha value is -3.12. The second kappa shape index (κ2) is 9.86. The number of H-pyrrole nitrogens is 1. The van der Waals surface area contributed by atoms with E-state index < -0.39 is 9.84 Å². The highest BCUT2D eigenvalue weighted by Gasteiger charge is 2.34. The number of benzene rings is 1. The van der Waals surface area contributed by atoms with E-state index in [0.717, 1.165) is 51.4 Å². The zero-order chi connectivity index (χ0) is 24.4. The molecule has 0 unspecified atom stereocenters. The van der Waals surface area contributed by atoms with Crippen LogP contribution in [0.2, 0.25) is 0 Å². The van der Waals surface area contributed by atoms with Crippen LogP contribution in [-0.2, 0) is 9.84 Å². The summed E-state index contributed by atoms with van der Waals surface area (Å²) in [6.07, 6.45) is 10.7. The summed E-state index contributed by atoms with van der Waals surface area (Å²) >= 11 is 0. The van der Waals surface area contributed by atoms with Gasteiger partial charge in [0.1, 0.15) is 11.4 Å². The van der Waals surface area contributed by atoms with Crippen molar-refractivity contribution in [3.8, 4) is 0 Å². The first-order chi connectivity index (χ1) is 17.0. The van der Waals surface area contributed by atoms with Crippen molar-refractivity contribution >= 4 is 32.2 Å². The van der Waals surface area contributed by atoms with Gasteiger partial charge in [0, 0.05) is 18.3 Å². The van der Waals surface area contributed by atoms with Crippen LogP contribution in [0.3, 0.4) is 0 Å². The Morgan fingerprint density at radius 2 is 1.74 bits per heavy atom. The van der Waals surface area contributed by atoms with E-state index in [9.17, 15) is 13.2 Å². The normalized spacial score (nSPS) is 21.6. The molecule has 2 aromatic heterocycles. The average molecular weight is 494 g/mol. The second-order valence-electron chi connectivity index (χ2n) is 9.84. The molecule has 0 saturated heterocycles. The van der Waals surface area contributed by atoms with Crippen molar-refractivity contribution in [3.63, 3.8) is 0 Å². The van der Waals surface area contributed by atoms with Crippen LogP contribution in [0, 0.1) is 12.5 Å². The van der Waals surface area contributed by atoms with Crippen molar-refractivity contribution < 1.29 is 8.42 Å². The molecule has 5 rings (SSSR count). The van der Waals surface area contributed by atoms with E-state index in [1.165, 1.54) is 6.42 Å². The average Bonchev–Trinajstić information content (AvgIpc) is 3.24. The number of sulfone groups is 1. The zero-order valence-corrected chi connectivity index (χ0v) is 20.6. The molecule has 0 bridgehead atoms. The number of nitrogens with zero attached hydrogens (tertiary/aromatic N) is 3. The van der Waals surface area contributed by atoms with Crippen LogP contribution < -0.4 is 10.9 Å². The van der Waals surface area contributed by atoms with Crippen molar-refractivity contribution in [1.29, 1.82) is 0 Å². The highest BCUT2D eigenvalue weighted by molar-refractivity contribution is 7.91. The predicted molar refractivity (Wildman–Crippen MR) is 137 cm³/mol. The Morgan fingerprint density at radius 1 is 1.03 bits per heavy atom. The summed E-state index contributed by atoms with van der Waals surface area (Å²) < 4.78 is 27.7. The maximum absolute atomic E-state index is 12.9. The molecule has 184 valence electrons. The minimum Gasteiger partial charge on any atom is -0.338 e. The van der Waals surface area contributed by atoms with Crippen LogP contribution in [0.25, 0.3) is 15.7 Å². The van der Waals surface area contributed by atoms with Gasteiger partial charge in [0.2, 0.25) is 6.04 Å². The Labute approximate surface area is 205 Å². The Bertz CT molecular complexity index is 1400. The topological polar surface area (TPSA) is 101 Å². The molecule has 0 aliphatic heterocycles. The minimum absolute atomic E-state index is 0.0755. The number of pyridine rings is 1. The van der Waals surface area contributed by atoms with Gasteiger partial charge in [-0.1, -0.05) is 25.7 Å². The third-order valence-corrected chi connectivity index (χ3v) is 9.36. The molecule has 9 heteroatoms. The van der Waals surface area contributed by atoms with Gasteiger partial charge in [-0.3, -0.25) is 9.48 Å². The number of hydrogen-bond donors (Lipinski definition) is 2. The van der Waals surface area contributed by atoms with Crippen molar-refractivity contribution in [2.75, 3.05) is 11.1 Å². The summed E-state index contributed by atoms with van der Waals surface area (Å²) in [5.41, 5.74) is 1.10. The number of aromatic nitrogens is 3. The van der Waals surface area contributed by atoms with Gasteiger partial charge < -0.3 is 15.1 Å². The van der Waals surface area contributed by atoms with Crippen LogP contribution in [0.4, 0.5) is 11.5 Å². The maximum atomic E-state index is 12.9. The lowest BCUT2D eigenvalue weighted by atomic mass is 9.91. The fourth-order valence-corrected chi connectivity index (χ4v) is 7.31. The van der Waals surface area contributed by atoms with E-state index in [4.69, 9.17) is 11.7 Å². The molecular weight excluding hydrogens is 462 g/mol. The minimum atomic E-state index is -3.34. The lowest BCUT2D eigenvalue weighted by Crippen LogP contribution is -2.26. The smallest absolute Gasteiger partial charge is 0.261 e. The van der Waals surface area contributed by atoms with E-state index in [0.29, 0.717) is 27.3 Å². The van der Waals surface area contributed by atoms with Crippen LogP contribution in [0.1, 0.15) is 63.8 Å². The van der Waals surface area contributed by atoms with E-state index in [1.807, 2.05) is 10.7 Å². The highest BCUT2D eigenvalue weighted by Crippen LogP contribution is 2.35. The molecule has 0 radical (unpaired) electrons. The van der Waals surface area contributed by atoms with Gasteiger partial charge in [0.05, 0.1) is 16.2 Å². The fraction of sp³-hybridized carbons (Fsp3) is 0.500. The van der Waals surface area contributed by atoms with Gasteiger partial charge in [0.25, 0.3) is 5.56 Å². The van der Waals surface area contributed by atoms with Gasteiger partial charge in [-0.2, -0.15) is 5.10 Å². The number of aromatic amines is 1.